The quantitative estimate of drug-likeness (QED) is 0.287. The van der Waals surface area contributed by atoms with Crippen molar-refractivity contribution in [1.29, 1.82) is 0 Å². The minimum atomic E-state index is 0.163. The van der Waals surface area contributed by atoms with Crippen LogP contribution < -0.4 is 14.7 Å². The summed E-state index contributed by atoms with van der Waals surface area (Å²) in [6.07, 6.45) is 3.50. The highest BCUT2D eigenvalue weighted by molar-refractivity contribution is 5.66. The lowest BCUT2D eigenvalue weighted by Crippen LogP contribution is -2.45. The molecule has 0 aliphatic carbocycles. The van der Waals surface area contributed by atoms with Crippen molar-refractivity contribution in [1.82, 2.24) is 0 Å². The van der Waals surface area contributed by atoms with Crippen LogP contribution in [0.2, 0.25) is 0 Å². The monoisotopic (exact) mass is 577 g/mol. The van der Waals surface area contributed by atoms with Gasteiger partial charge in [0.2, 0.25) is 0 Å². The maximum Gasteiger partial charge on any atom is 0.0403 e. The average molecular weight is 578 g/mol. The van der Waals surface area contributed by atoms with E-state index in [9.17, 15) is 0 Å². The van der Waals surface area contributed by atoms with Crippen LogP contribution in [0.4, 0.5) is 17.1 Å². The maximum atomic E-state index is 2.55. The molecule has 3 nitrogen and oxygen atoms in total. The van der Waals surface area contributed by atoms with E-state index >= 15 is 0 Å². The van der Waals surface area contributed by atoms with Crippen molar-refractivity contribution in [2.45, 2.75) is 122 Å². The third-order valence-electron chi connectivity index (χ3n) is 12.0. The van der Waals surface area contributed by atoms with Crippen molar-refractivity contribution in [3.05, 3.63) is 88.0 Å². The van der Waals surface area contributed by atoms with Crippen LogP contribution >= 0.6 is 0 Å². The van der Waals surface area contributed by atoms with Crippen molar-refractivity contribution >= 4 is 17.1 Å². The molecule has 3 heteroatoms. The second-order valence-corrected chi connectivity index (χ2v) is 16.3. The van der Waals surface area contributed by atoms with Crippen LogP contribution in [0.1, 0.15) is 139 Å². The molecule has 0 aromatic heterocycles. The Hall–Kier alpha value is -2.94. The van der Waals surface area contributed by atoms with Gasteiger partial charge >= 0.3 is 0 Å². The summed E-state index contributed by atoms with van der Waals surface area (Å²) in [5.74, 6) is 1.77. The number of hydrogen-bond acceptors (Lipinski definition) is 3. The molecule has 43 heavy (non-hydrogen) atoms. The number of rotatable bonds is 3. The Balaban J connectivity index is 1.53. The van der Waals surface area contributed by atoms with E-state index in [1.54, 1.807) is 0 Å². The molecule has 0 bridgehead atoms. The number of hydrogen-bond donors (Lipinski definition) is 0. The van der Waals surface area contributed by atoms with Gasteiger partial charge in [0.1, 0.15) is 0 Å². The lowest BCUT2D eigenvalue weighted by atomic mass is 9.75. The van der Waals surface area contributed by atoms with E-state index in [-0.39, 0.29) is 22.5 Å². The highest BCUT2D eigenvalue weighted by Gasteiger charge is 2.38. The molecule has 3 aromatic rings. The summed E-state index contributed by atoms with van der Waals surface area (Å²) in [4.78, 5) is 7.49. The van der Waals surface area contributed by atoms with Gasteiger partial charge in [-0.15, -0.1) is 0 Å². The first-order valence-electron chi connectivity index (χ1n) is 16.6. The summed E-state index contributed by atoms with van der Waals surface area (Å²) in [5.41, 5.74) is 13.3. The number of fused-ring (bicyclic) bond motifs is 3. The van der Waals surface area contributed by atoms with Crippen molar-refractivity contribution in [2.24, 2.45) is 0 Å². The Bertz CT molecular complexity index is 1360. The topological polar surface area (TPSA) is 9.72 Å². The molecule has 6 rings (SSSR count). The van der Waals surface area contributed by atoms with Crippen molar-refractivity contribution in [3.63, 3.8) is 0 Å². The lowest BCUT2D eigenvalue weighted by molar-refractivity contribution is 0.395. The molecule has 230 valence electrons. The first-order chi connectivity index (χ1) is 20.0. The minimum Gasteiger partial charge on any atom is -0.369 e. The van der Waals surface area contributed by atoms with Gasteiger partial charge in [0.15, 0.2) is 0 Å². The van der Waals surface area contributed by atoms with E-state index in [4.69, 9.17) is 0 Å². The summed E-state index contributed by atoms with van der Waals surface area (Å²) in [6, 6.07) is 22.1. The summed E-state index contributed by atoms with van der Waals surface area (Å²) < 4.78 is 0. The SMILES string of the molecule is C[C@@H]1CC(C)(C)N(C)c2ccc(C(c3ccc4c(c3)[C@@H](C)CC(C)(C)N4C)c3ccc4c(c3)[C@@H](C)CC(C)(C)N4C)cc21. The van der Waals surface area contributed by atoms with Gasteiger partial charge in [-0.3, -0.25) is 0 Å². The smallest absolute Gasteiger partial charge is 0.0403 e. The maximum absolute atomic E-state index is 2.55. The zero-order valence-electron chi connectivity index (χ0n) is 29.0. The molecule has 0 radical (unpaired) electrons. The first-order valence-corrected chi connectivity index (χ1v) is 16.6. The van der Waals surface area contributed by atoms with Gasteiger partial charge in [0, 0.05) is 60.7 Å². The molecule has 0 unspecified atom stereocenters. The van der Waals surface area contributed by atoms with E-state index < -0.39 is 0 Å². The molecule has 3 atom stereocenters. The van der Waals surface area contributed by atoms with Gasteiger partial charge in [0.25, 0.3) is 0 Å². The summed E-state index contributed by atoms with van der Waals surface area (Å²) in [5, 5.41) is 0. The second-order valence-electron chi connectivity index (χ2n) is 16.3. The Morgan fingerprint density at radius 3 is 1.00 bits per heavy atom. The van der Waals surface area contributed by atoms with Crippen LogP contribution in [0.3, 0.4) is 0 Å². The van der Waals surface area contributed by atoms with E-state index in [1.807, 2.05) is 0 Å². The van der Waals surface area contributed by atoms with Gasteiger partial charge in [-0.05, 0) is 130 Å². The van der Waals surface area contributed by atoms with Crippen LogP contribution in [0, 0.1) is 0 Å². The predicted molar refractivity (Wildman–Crippen MR) is 187 cm³/mol. The molecule has 0 spiro atoms. The van der Waals surface area contributed by atoms with Crippen molar-refractivity contribution in [3.8, 4) is 0 Å². The molecule has 0 N–H and O–H groups in total. The van der Waals surface area contributed by atoms with Crippen LogP contribution in [-0.4, -0.2) is 37.8 Å². The molecule has 0 fully saturated rings. The molecule has 0 saturated carbocycles. The third kappa shape index (κ3) is 4.86. The Labute approximate surface area is 262 Å². The van der Waals surface area contributed by atoms with Crippen molar-refractivity contribution in [2.75, 3.05) is 35.8 Å². The lowest BCUT2D eigenvalue weighted by Gasteiger charge is -2.46. The summed E-state index contributed by atoms with van der Waals surface area (Å²) >= 11 is 0. The van der Waals surface area contributed by atoms with E-state index in [0.29, 0.717) is 17.8 Å². The molecular formula is C40H55N3. The zero-order valence-corrected chi connectivity index (χ0v) is 29.0. The van der Waals surface area contributed by atoms with E-state index in [1.165, 1.54) is 69.7 Å². The van der Waals surface area contributed by atoms with Crippen molar-refractivity contribution < 1.29 is 0 Å². The minimum absolute atomic E-state index is 0.163. The number of benzene rings is 3. The molecular weight excluding hydrogens is 522 g/mol. The first kappa shape index (κ1) is 30.1. The highest BCUT2D eigenvalue weighted by atomic mass is 15.2. The standard InChI is InChI=1S/C40H55N3/c1-25-22-38(4,5)41(10)34-16-13-28(19-31(25)34)37(29-14-17-35-32(20-29)26(2)23-39(6,7)42(35)11)30-15-18-36-33(21-30)27(3)24-40(8,9)43(36)12/h13-21,25-27,37H,22-24H2,1-12H3/t25-,26-,27+/m0/s1. The Morgan fingerprint density at radius 1 is 0.488 bits per heavy atom. The Morgan fingerprint density at radius 2 is 0.744 bits per heavy atom. The van der Waals surface area contributed by atoms with Crippen LogP contribution in [0.15, 0.2) is 54.6 Å². The van der Waals surface area contributed by atoms with Crippen LogP contribution in [-0.2, 0) is 0 Å². The summed E-state index contributed by atoms with van der Waals surface area (Å²) in [6.45, 7) is 21.5. The molecule has 3 heterocycles. The number of anilines is 3. The van der Waals surface area contributed by atoms with Gasteiger partial charge in [-0.25, -0.2) is 0 Å². The summed E-state index contributed by atoms with van der Waals surface area (Å²) in [7, 11) is 6.81. The van der Waals surface area contributed by atoms with Gasteiger partial charge in [-0.1, -0.05) is 57.2 Å². The normalized spacial score (nSPS) is 25.3. The molecule has 0 amide bonds. The predicted octanol–water partition coefficient (Wildman–Crippen LogP) is 10.0. The molecule has 3 aliphatic heterocycles. The molecule has 3 aliphatic rings. The Kier molecular flexibility index (Phi) is 7.03. The van der Waals surface area contributed by atoms with Gasteiger partial charge < -0.3 is 14.7 Å². The largest absolute Gasteiger partial charge is 0.369 e. The molecule has 3 aromatic carbocycles. The third-order valence-corrected chi connectivity index (χ3v) is 12.0. The second kappa shape index (κ2) is 10.0. The average Bonchev–Trinajstić information content (AvgIpc) is 2.93. The van der Waals surface area contributed by atoms with Gasteiger partial charge in [0.05, 0.1) is 0 Å². The van der Waals surface area contributed by atoms with E-state index in [2.05, 4.69) is 153 Å². The zero-order chi connectivity index (χ0) is 31.2. The van der Waals surface area contributed by atoms with Crippen LogP contribution in [0.5, 0.6) is 0 Å². The molecule has 0 saturated heterocycles. The fraction of sp³-hybridized carbons (Fsp3) is 0.550. The van der Waals surface area contributed by atoms with E-state index in [0.717, 1.165) is 0 Å². The number of nitrogens with zero attached hydrogens (tertiary/aromatic N) is 3. The van der Waals surface area contributed by atoms with Gasteiger partial charge in [-0.2, -0.15) is 0 Å². The highest BCUT2D eigenvalue weighted by Crippen LogP contribution is 2.49. The van der Waals surface area contributed by atoms with Crippen LogP contribution in [0.25, 0.3) is 0 Å². The fourth-order valence-corrected chi connectivity index (χ4v) is 8.90. The fourth-order valence-electron chi connectivity index (χ4n) is 8.90.